The van der Waals surface area contributed by atoms with Crippen molar-refractivity contribution in [1.29, 1.82) is 0 Å². The zero-order valence-corrected chi connectivity index (χ0v) is 7.46. The topological polar surface area (TPSA) is 66.4 Å². The predicted molar refractivity (Wildman–Crippen MR) is 44.8 cm³/mol. The average Bonchev–Trinajstić information content (AvgIpc) is 2.03. The maximum Gasteiger partial charge on any atom is 0.326 e. The van der Waals surface area contributed by atoms with Crippen molar-refractivity contribution in [3.8, 4) is 0 Å². The fraction of sp³-hybridized carbons (Fsp3) is 0.750. The van der Waals surface area contributed by atoms with Gasteiger partial charge < -0.3 is 10.4 Å². The largest absolute Gasteiger partial charge is 0.480 e. The Balaban J connectivity index is 3.95. The molecule has 0 fully saturated rings. The Morgan fingerprint density at radius 3 is 2.33 bits per heavy atom. The van der Waals surface area contributed by atoms with Crippen molar-refractivity contribution in [1.82, 2.24) is 5.32 Å². The highest BCUT2D eigenvalue weighted by atomic mass is 16.4. The van der Waals surface area contributed by atoms with Gasteiger partial charge in [0.25, 0.3) is 0 Å². The van der Waals surface area contributed by atoms with Crippen LogP contribution in [0.2, 0.25) is 0 Å². The van der Waals surface area contributed by atoms with Crippen LogP contribution in [0.4, 0.5) is 0 Å². The van der Waals surface area contributed by atoms with E-state index in [0.717, 1.165) is 6.42 Å². The lowest BCUT2D eigenvalue weighted by Gasteiger charge is -2.12. The fourth-order valence-corrected chi connectivity index (χ4v) is 0.842. The van der Waals surface area contributed by atoms with Crippen LogP contribution in [0.1, 0.15) is 33.1 Å². The first-order chi connectivity index (χ1) is 5.61. The van der Waals surface area contributed by atoms with Gasteiger partial charge in [0.15, 0.2) is 0 Å². The van der Waals surface area contributed by atoms with E-state index in [1.54, 1.807) is 6.92 Å². The molecule has 0 aliphatic rings. The summed E-state index contributed by atoms with van der Waals surface area (Å²) < 4.78 is 0. The monoisotopic (exact) mass is 173 g/mol. The molecule has 70 valence electrons. The van der Waals surface area contributed by atoms with Gasteiger partial charge in [0.1, 0.15) is 6.04 Å². The Labute approximate surface area is 72.0 Å². The van der Waals surface area contributed by atoms with Crippen LogP contribution in [-0.2, 0) is 9.59 Å². The zero-order valence-electron chi connectivity index (χ0n) is 7.46. The summed E-state index contributed by atoms with van der Waals surface area (Å²) in [6.07, 6.45) is 1.57. The molecule has 0 aromatic carbocycles. The van der Waals surface area contributed by atoms with Crippen molar-refractivity contribution in [3.63, 3.8) is 0 Å². The maximum atomic E-state index is 10.8. The van der Waals surface area contributed by atoms with E-state index in [0.29, 0.717) is 12.8 Å². The lowest BCUT2D eigenvalue weighted by Crippen LogP contribution is -2.40. The maximum absolute atomic E-state index is 10.8. The zero-order chi connectivity index (χ0) is 9.56. The van der Waals surface area contributed by atoms with E-state index in [4.69, 9.17) is 5.11 Å². The van der Waals surface area contributed by atoms with Gasteiger partial charge in [-0.3, -0.25) is 4.79 Å². The second-order valence-corrected chi connectivity index (χ2v) is 2.60. The molecule has 0 bridgehead atoms. The minimum absolute atomic E-state index is 0.212. The van der Waals surface area contributed by atoms with Gasteiger partial charge in [-0.2, -0.15) is 0 Å². The number of hydrogen-bond donors (Lipinski definition) is 2. The van der Waals surface area contributed by atoms with Crippen LogP contribution < -0.4 is 5.32 Å². The van der Waals surface area contributed by atoms with E-state index in [-0.39, 0.29) is 5.91 Å². The standard InChI is InChI=1S/C8H15NO3/c1-3-5-6(8(11)12)9-7(10)4-2/h6H,3-5H2,1-2H3,(H,9,10)(H,11,12)/t6-/m1/s1. The Hall–Kier alpha value is -1.06. The number of carboxylic acids is 1. The van der Waals surface area contributed by atoms with Gasteiger partial charge >= 0.3 is 5.97 Å². The third-order valence-corrected chi connectivity index (χ3v) is 1.53. The number of amides is 1. The highest BCUT2D eigenvalue weighted by molar-refractivity contribution is 5.83. The molecule has 0 heterocycles. The van der Waals surface area contributed by atoms with Crippen molar-refractivity contribution >= 4 is 11.9 Å². The molecule has 0 saturated carbocycles. The van der Waals surface area contributed by atoms with Crippen LogP contribution in [0.5, 0.6) is 0 Å². The molecule has 0 unspecified atom stereocenters. The first-order valence-corrected chi connectivity index (χ1v) is 4.14. The van der Waals surface area contributed by atoms with Gasteiger partial charge in [-0.05, 0) is 6.42 Å². The summed E-state index contributed by atoms with van der Waals surface area (Å²) in [4.78, 5) is 21.4. The minimum atomic E-state index is -0.960. The van der Waals surface area contributed by atoms with Crippen LogP contribution in [0.15, 0.2) is 0 Å². The van der Waals surface area contributed by atoms with E-state index >= 15 is 0 Å². The van der Waals surface area contributed by atoms with E-state index in [2.05, 4.69) is 5.32 Å². The van der Waals surface area contributed by atoms with Crippen LogP contribution in [0.25, 0.3) is 0 Å². The summed E-state index contributed by atoms with van der Waals surface area (Å²) in [6.45, 7) is 3.58. The molecule has 0 aliphatic heterocycles. The Morgan fingerprint density at radius 2 is 2.00 bits per heavy atom. The molecule has 0 aromatic rings. The van der Waals surface area contributed by atoms with Crippen LogP contribution in [0.3, 0.4) is 0 Å². The molecule has 0 aliphatic carbocycles. The Morgan fingerprint density at radius 1 is 1.42 bits per heavy atom. The van der Waals surface area contributed by atoms with Crippen LogP contribution in [0, 0.1) is 0 Å². The van der Waals surface area contributed by atoms with E-state index in [9.17, 15) is 9.59 Å². The average molecular weight is 173 g/mol. The van der Waals surface area contributed by atoms with Gasteiger partial charge in [0, 0.05) is 6.42 Å². The molecular formula is C8H15NO3. The van der Waals surface area contributed by atoms with Crippen molar-refractivity contribution < 1.29 is 14.7 Å². The highest BCUT2D eigenvalue weighted by Gasteiger charge is 2.17. The number of carboxylic acid groups (broad SMARTS) is 1. The molecule has 2 N–H and O–H groups in total. The summed E-state index contributed by atoms with van der Waals surface area (Å²) >= 11 is 0. The predicted octanol–water partition coefficient (Wildman–Crippen LogP) is 0.766. The van der Waals surface area contributed by atoms with Gasteiger partial charge in [-0.1, -0.05) is 20.3 Å². The van der Waals surface area contributed by atoms with Gasteiger partial charge in [0.05, 0.1) is 0 Å². The molecule has 4 heteroatoms. The summed E-state index contributed by atoms with van der Waals surface area (Å²) in [6, 6.07) is -0.720. The lowest BCUT2D eigenvalue weighted by atomic mass is 10.1. The Bertz CT molecular complexity index is 166. The lowest BCUT2D eigenvalue weighted by molar-refractivity contribution is -0.142. The molecule has 0 aromatic heterocycles. The number of nitrogens with one attached hydrogen (secondary N) is 1. The van der Waals surface area contributed by atoms with Crippen molar-refractivity contribution in [2.24, 2.45) is 0 Å². The smallest absolute Gasteiger partial charge is 0.326 e. The van der Waals surface area contributed by atoms with Crippen molar-refractivity contribution in [3.05, 3.63) is 0 Å². The Kier molecular flexibility index (Phi) is 5.08. The summed E-state index contributed by atoms with van der Waals surface area (Å²) in [5.74, 6) is -1.17. The van der Waals surface area contributed by atoms with Gasteiger partial charge in [0.2, 0.25) is 5.91 Å². The molecule has 0 rings (SSSR count). The second-order valence-electron chi connectivity index (χ2n) is 2.60. The number of aliphatic carboxylic acids is 1. The van der Waals surface area contributed by atoms with Crippen LogP contribution >= 0.6 is 0 Å². The van der Waals surface area contributed by atoms with Crippen LogP contribution in [-0.4, -0.2) is 23.0 Å². The number of rotatable bonds is 5. The summed E-state index contributed by atoms with van der Waals surface area (Å²) in [5, 5.41) is 11.1. The first kappa shape index (κ1) is 10.9. The molecule has 0 spiro atoms. The van der Waals surface area contributed by atoms with E-state index < -0.39 is 12.0 Å². The van der Waals surface area contributed by atoms with Crippen molar-refractivity contribution in [2.75, 3.05) is 0 Å². The number of carbonyl (C=O) groups excluding carboxylic acids is 1. The third-order valence-electron chi connectivity index (χ3n) is 1.53. The van der Waals surface area contributed by atoms with Gasteiger partial charge in [-0.25, -0.2) is 4.79 Å². The normalized spacial score (nSPS) is 12.2. The number of carbonyl (C=O) groups is 2. The number of hydrogen-bond acceptors (Lipinski definition) is 2. The molecule has 0 saturated heterocycles. The van der Waals surface area contributed by atoms with E-state index in [1.807, 2.05) is 6.92 Å². The summed E-state index contributed by atoms with van der Waals surface area (Å²) in [7, 11) is 0. The third kappa shape index (κ3) is 3.95. The SMILES string of the molecule is CCC[C@@H](NC(=O)CC)C(=O)O. The molecular weight excluding hydrogens is 158 g/mol. The fourth-order valence-electron chi connectivity index (χ4n) is 0.842. The molecule has 1 atom stereocenters. The summed E-state index contributed by atoms with van der Waals surface area (Å²) in [5.41, 5.74) is 0. The second kappa shape index (κ2) is 5.57. The molecule has 1 amide bonds. The molecule has 4 nitrogen and oxygen atoms in total. The van der Waals surface area contributed by atoms with E-state index in [1.165, 1.54) is 0 Å². The molecule has 12 heavy (non-hydrogen) atoms. The van der Waals surface area contributed by atoms with Crippen molar-refractivity contribution in [2.45, 2.75) is 39.2 Å². The van der Waals surface area contributed by atoms with Gasteiger partial charge in [-0.15, -0.1) is 0 Å². The minimum Gasteiger partial charge on any atom is -0.480 e. The molecule has 0 radical (unpaired) electrons. The first-order valence-electron chi connectivity index (χ1n) is 4.14. The quantitative estimate of drug-likeness (QED) is 0.645. The highest BCUT2D eigenvalue weighted by Crippen LogP contribution is 1.96.